The predicted molar refractivity (Wildman–Crippen MR) is 28.5 cm³/mol. The first-order chi connectivity index (χ1) is 3.39. The normalized spacial score (nSPS) is 26.9. The van der Waals surface area contributed by atoms with E-state index in [9.17, 15) is 0 Å². The second-order valence-corrected chi connectivity index (χ2v) is 1.88. The number of nitrogens with zero attached hydrogens (tertiary/aromatic N) is 1. The van der Waals surface area contributed by atoms with E-state index in [0.717, 1.165) is 6.54 Å². The van der Waals surface area contributed by atoms with Crippen LogP contribution in [0.1, 0.15) is 6.92 Å². The zero-order valence-corrected chi connectivity index (χ0v) is 6.43. The van der Waals surface area contributed by atoms with Crippen molar-refractivity contribution in [3.8, 4) is 0 Å². The molecule has 1 unspecified atom stereocenters. The van der Waals surface area contributed by atoms with Gasteiger partial charge in [0.25, 0.3) is 0 Å². The lowest BCUT2D eigenvalue weighted by atomic mass is 10.2. The van der Waals surface area contributed by atoms with Crippen LogP contribution in [0, 0.1) is 5.92 Å². The van der Waals surface area contributed by atoms with Gasteiger partial charge in [-0.15, -0.1) is 6.54 Å². The third kappa shape index (κ3) is 2.45. The van der Waals surface area contributed by atoms with E-state index >= 15 is 0 Å². The van der Waals surface area contributed by atoms with Crippen molar-refractivity contribution in [2.45, 2.75) is 6.92 Å². The molecule has 0 aliphatic carbocycles. The van der Waals surface area contributed by atoms with Gasteiger partial charge in [-0.25, -0.2) is 0 Å². The van der Waals surface area contributed by atoms with Gasteiger partial charge < -0.3 is 27.8 Å². The third-order valence-electron chi connectivity index (χ3n) is 1.02. The van der Waals surface area contributed by atoms with Gasteiger partial charge >= 0.3 is 0 Å². The lowest BCUT2D eigenvalue weighted by Crippen LogP contribution is -3.00. The summed E-state index contributed by atoms with van der Waals surface area (Å²) < 4.78 is 0. The van der Waals surface area contributed by atoms with E-state index in [0.29, 0.717) is 5.92 Å². The van der Waals surface area contributed by atoms with Crippen molar-refractivity contribution in [2.24, 2.45) is 5.92 Å². The average molecular weight is 178 g/mol. The van der Waals surface area contributed by atoms with Crippen molar-refractivity contribution in [3.05, 3.63) is 17.7 Å². The zero-order chi connectivity index (χ0) is 5.11. The maximum absolute atomic E-state index is 4.05. The van der Waals surface area contributed by atoms with E-state index in [1.54, 1.807) is 0 Å². The molecule has 0 spiro atoms. The Bertz CT molecular complexity index is 82.5. The van der Waals surface area contributed by atoms with Crippen molar-refractivity contribution in [2.75, 3.05) is 6.54 Å². The van der Waals surface area contributed by atoms with Gasteiger partial charge in [-0.1, -0.05) is 6.92 Å². The minimum absolute atomic E-state index is 0. The molecule has 3 heteroatoms. The monoisotopic (exact) mass is 177 g/mol. The fourth-order valence-corrected chi connectivity index (χ4v) is 0.588. The molecule has 0 fully saturated rings. The fourth-order valence-electron chi connectivity index (χ4n) is 0.588. The van der Waals surface area contributed by atoms with Gasteiger partial charge in [0.2, 0.25) is 0 Å². The lowest BCUT2D eigenvalue weighted by Gasteiger charge is -2.20. The average Bonchev–Trinajstić information content (AvgIpc) is 1.69. The lowest BCUT2D eigenvalue weighted by molar-refractivity contribution is -0.540. The van der Waals surface area contributed by atoms with Crippen LogP contribution in [0.3, 0.4) is 0 Å². The topological polar surface area (TPSA) is 30.7 Å². The number of hydrogen-bond donors (Lipinski definition) is 1. The highest BCUT2D eigenvalue weighted by Crippen LogP contribution is 1.98. The van der Waals surface area contributed by atoms with Crippen molar-refractivity contribution < 1.29 is 22.4 Å². The largest absolute Gasteiger partial charge is 1.00 e. The summed E-state index contributed by atoms with van der Waals surface area (Å²) in [6.45, 7) is 3.13. The number of quaternary nitrogens is 1. The molecule has 0 radical (unpaired) electrons. The Morgan fingerprint density at radius 2 is 2.50 bits per heavy atom. The van der Waals surface area contributed by atoms with Crippen LogP contribution in [0.5, 0.6) is 0 Å². The summed E-state index contributed by atoms with van der Waals surface area (Å²) in [6, 6.07) is 0. The molecule has 0 amide bonds. The van der Waals surface area contributed by atoms with Gasteiger partial charge in [-0.3, -0.25) is 0 Å². The molecule has 1 rings (SSSR count). The van der Waals surface area contributed by atoms with Crippen LogP contribution in [-0.4, -0.2) is 6.54 Å². The smallest absolute Gasteiger partial charge is 0.0793 e. The SMILES string of the molecule is CC1C=C[NH2+][N-]C1.[Br-]. The van der Waals surface area contributed by atoms with Crippen LogP contribution >= 0.6 is 0 Å². The Morgan fingerprint density at radius 1 is 1.75 bits per heavy atom. The molecule has 0 aromatic heterocycles. The molecule has 1 aliphatic heterocycles. The summed E-state index contributed by atoms with van der Waals surface area (Å²) in [5, 5.41) is 0. The molecule has 0 aromatic rings. The van der Waals surface area contributed by atoms with Gasteiger partial charge in [0.05, 0.1) is 6.20 Å². The molecule has 2 N–H and O–H groups in total. The number of hydrogen-bond acceptors (Lipinski definition) is 0. The minimum atomic E-state index is 0. The van der Waals surface area contributed by atoms with E-state index in [1.165, 1.54) is 0 Å². The molecular formula is C5H10BrN2-. The van der Waals surface area contributed by atoms with Crippen LogP contribution in [0.2, 0.25) is 0 Å². The van der Waals surface area contributed by atoms with E-state index in [-0.39, 0.29) is 17.0 Å². The number of nitrogens with two attached hydrogens (primary N) is 1. The van der Waals surface area contributed by atoms with Crippen molar-refractivity contribution in [1.29, 1.82) is 0 Å². The van der Waals surface area contributed by atoms with Gasteiger partial charge in [-0.05, 0) is 12.0 Å². The molecular weight excluding hydrogens is 168 g/mol. The van der Waals surface area contributed by atoms with E-state index in [4.69, 9.17) is 0 Å². The molecule has 0 bridgehead atoms. The predicted octanol–water partition coefficient (Wildman–Crippen LogP) is -2.99. The summed E-state index contributed by atoms with van der Waals surface area (Å²) in [5.41, 5.74) is 5.89. The second kappa shape index (κ2) is 4.06. The van der Waals surface area contributed by atoms with E-state index < -0.39 is 0 Å². The maximum Gasteiger partial charge on any atom is 0.0793 e. The van der Waals surface area contributed by atoms with Gasteiger partial charge in [0.1, 0.15) is 0 Å². The van der Waals surface area contributed by atoms with Crippen LogP contribution in [0.25, 0.3) is 5.43 Å². The Balaban J connectivity index is 0.000000490. The van der Waals surface area contributed by atoms with Crippen molar-refractivity contribution in [1.82, 2.24) is 0 Å². The van der Waals surface area contributed by atoms with Crippen LogP contribution in [0.4, 0.5) is 0 Å². The summed E-state index contributed by atoms with van der Waals surface area (Å²) in [6.07, 6.45) is 4.15. The number of halogens is 1. The molecule has 48 valence electrons. The first-order valence-corrected chi connectivity index (χ1v) is 2.56. The number of rotatable bonds is 0. The van der Waals surface area contributed by atoms with E-state index in [2.05, 4.69) is 18.4 Å². The van der Waals surface area contributed by atoms with Crippen LogP contribution < -0.4 is 22.4 Å². The minimum Gasteiger partial charge on any atom is -1.00 e. The summed E-state index contributed by atoms with van der Waals surface area (Å²) in [7, 11) is 0. The standard InChI is InChI=1S/C5H10N2.BrH/c1-5-2-3-6-7-4-5;/h2-3,5H,4,6H2,1H3;1H/p-1. The van der Waals surface area contributed by atoms with Gasteiger partial charge in [0, 0.05) is 0 Å². The zero-order valence-electron chi connectivity index (χ0n) is 4.84. The van der Waals surface area contributed by atoms with Crippen molar-refractivity contribution >= 4 is 0 Å². The Kier molecular flexibility index (Phi) is 4.13. The Hall–Kier alpha value is 0.140. The van der Waals surface area contributed by atoms with Gasteiger partial charge in [0.15, 0.2) is 0 Å². The fraction of sp³-hybridized carbons (Fsp3) is 0.600. The molecule has 0 saturated carbocycles. The highest BCUT2D eigenvalue weighted by atomic mass is 79.9. The summed E-state index contributed by atoms with van der Waals surface area (Å²) in [4.78, 5) is 0. The second-order valence-electron chi connectivity index (χ2n) is 1.88. The van der Waals surface area contributed by atoms with Crippen molar-refractivity contribution in [3.63, 3.8) is 0 Å². The molecule has 1 aliphatic rings. The van der Waals surface area contributed by atoms with Crippen LogP contribution in [-0.2, 0) is 0 Å². The Labute approximate surface area is 60.1 Å². The maximum atomic E-state index is 4.05. The summed E-state index contributed by atoms with van der Waals surface area (Å²) >= 11 is 0. The van der Waals surface area contributed by atoms with Gasteiger partial charge in [-0.2, -0.15) is 0 Å². The first kappa shape index (κ1) is 8.14. The summed E-state index contributed by atoms with van der Waals surface area (Å²) in [5.74, 6) is 0.657. The Morgan fingerprint density at radius 3 is 2.75 bits per heavy atom. The third-order valence-corrected chi connectivity index (χ3v) is 1.02. The molecule has 1 heterocycles. The van der Waals surface area contributed by atoms with Crippen LogP contribution in [0.15, 0.2) is 12.3 Å². The molecule has 1 atom stereocenters. The highest BCUT2D eigenvalue weighted by Gasteiger charge is 1.92. The quantitative estimate of drug-likeness (QED) is 0.383. The highest BCUT2D eigenvalue weighted by molar-refractivity contribution is 4.88. The van der Waals surface area contributed by atoms with E-state index in [1.807, 2.05) is 11.6 Å². The molecule has 8 heavy (non-hydrogen) atoms. The molecule has 0 saturated heterocycles. The molecule has 2 nitrogen and oxygen atoms in total. The molecule has 0 aromatic carbocycles. The first-order valence-electron chi connectivity index (χ1n) is 2.56.